The van der Waals surface area contributed by atoms with Crippen LogP contribution in [0.3, 0.4) is 0 Å². The van der Waals surface area contributed by atoms with Crippen molar-refractivity contribution in [2.24, 2.45) is 17.6 Å². The van der Waals surface area contributed by atoms with Gasteiger partial charge < -0.3 is 11.1 Å². The number of nitrogens with zero attached hydrogens (tertiary/aromatic N) is 1. The van der Waals surface area contributed by atoms with Gasteiger partial charge in [0.1, 0.15) is 10.7 Å². The largest absolute Gasteiger partial charge is 0.348 e. The third kappa shape index (κ3) is 2.90. The number of thiazole rings is 1. The van der Waals surface area contributed by atoms with Crippen LogP contribution < -0.4 is 11.1 Å². The number of nitrogens with one attached hydrogen (secondary N) is 1. The number of hydrogen-bond donors (Lipinski definition) is 2. The predicted molar refractivity (Wildman–Crippen MR) is 73.4 cm³/mol. The molecule has 1 aromatic rings. The van der Waals surface area contributed by atoms with E-state index in [1.807, 2.05) is 0 Å². The lowest BCUT2D eigenvalue weighted by molar-refractivity contribution is 0.0886. The van der Waals surface area contributed by atoms with Crippen LogP contribution in [0.4, 0.5) is 0 Å². The Labute approximate surface area is 112 Å². The number of rotatable bonds is 3. The van der Waals surface area contributed by atoms with Crippen molar-refractivity contribution in [2.75, 3.05) is 0 Å². The minimum absolute atomic E-state index is 0.0584. The first-order valence-electron chi connectivity index (χ1n) is 6.57. The summed E-state index contributed by atoms with van der Waals surface area (Å²) in [6, 6.07) is 0.282. The van der Waals surface area contributed by atoms with Gasteiger partial charge in [-0.25, -0.2) is 4.98 Å². The van der Waals surface area contributed by atoms with Crippen molar-refractivity contribution in [2.45, 2.75) is 45.7 Å². The molecule has 1 aliphatic carbocycles. The molecule has 18 heavy (non-hydrogen) atoms. The van der Waals surface area contributed by atoms with Gasteiger partial charge in [-0.15, -0.1) is 11.3 Å². The monoisotopic (exact) mass is 267 g/mol. The van der Waals surface area contributed by atoms with Crippen molar-refractivity contribution in [3.8, 4) is 0 Å². The second-order valence-corrected chi connectivity index (χ2v) is 6.12. The Balaban J connectivity index is 1.98. The standard InChI is InChI=1S/C13H21N3OS/c1-8-4-3-5-10(9(8)2)16-13(17)11-7-18-12(6-14)15-11/h7-10H,3-6,14H2,1-2H3,(H,16,17). The van der Waals surface area contributed by atoms with Gasteiger partial charge in [0.25, 0.3) is 5.91 Å². The Morgan fingerprint density at radius 3 is 3.00 bits per heavy atom. The van der Waals surface area contributed by atoms with Crippen LogP contribution >= 0.6 is 11.3 Å². The second kappa shape index (κ2) is 5.80. The van der Waals surface area contributed by atoms with E-state index >= 15 is 0 Å². The number of aromatic nitrogens is 1. The quantitative estimate of drug-likeness (QED) is 0.881. The lowest BCUT2D eigenvalue weighted by Gasteiger charge is -2.34. The second-order valence-electron chi connectivity index (χ2n) is 5.18. The van der Waals surface area contributed by atoms with Gasteiger partial charge in [0.05, 0.1) is 0 Å². The van der Waals surface area contributed by atoms with E-state index in [0.717, 1.165) is 11.4 Å². The molecule has 3 N–H and O–H groups in total. The summed E-state index contributed by atoms with van der Waals surface area (Å²) in [4.78, 5) is 16.3. The molecule has 100 valence electrons. The van der Waals surface area contributed by atoms with Crippen LogP contribution in [0.15, 0.2) is 5.38 Å². The molecule has 0 bridgehead atoms. The third-order valence-electron chi connectivity index (χ3n) is 3.98. The number of hydrogen-bond acceptors (Lipinski definition) is 4. The molecule has 1 saturated carbocycles. The molecule has 4 nitrogen and oxygen atoms in total. The van der Waals surface area contributed by atoms with E-state index in [1.165, 1.54) is 24.2 Å². The Kier molecular flexibility index (Phi) is 4.35. The average molecular weight is 267 g/mol. The maximum absolute atomic E-state index is 12.1. The van der Waals surface area contributed by atoms with Crippen LogP contribution in [0, 0.1) is 11.8 Å². The highest BCUT2D eigenvalue weighted by Gasteiger charge is 2.28. The summed E-state index contributed by atoms with van der Waals surface area (Å²) < 4.78 is 0. The molecular weight excluding hydrogens is 246 g/mol. The third-order valence-corrected chi connectivity index (χ3v) is 4.85. The predicted octanol–water partition coefficient (Wildman–Crippen LogP) is 2.16. The van der Waals surface area contributed by atoms with E-state index in [4.69, 9.17) is 5.73 Å². The molecule has 0 radical (unpaired) electrons. The van der Waals surface area contributed by atoms with E-state index < -0.39 is 0 Å². The zero-order valence-electron chi connectivity index (χ0n) is 11.0. The van der Waals surface area contributed by atoms with Crippen molar-refractivity contribution in [3.63, 3.8) is 0 Å². The van der Waals surface area contributed by atoms with E-state index in [1.54, 1.807) is 5.38 Å². The zero-order valence-corrected chi connectivity index (χ0v) is 11.8. The van der Waals surface area contributed by atoms with Crippen LogP contribution in [0.5, 0.6) is 0 Å². The fourth-order valence-electron chi connectivity index (χ4n) is 2.54. The van der Waals surface area contributed by atoms with Gasteiger partial charge in [-0.2, -0.15) is 0 Å². The SMILES string of the molecule is CC1CCCC(NC(=O)c2csc(CN)n2)C1C. The average Bonchev–Trinajstić information content (AvgIpc) is 2.83. The van der Waals surface area contributed by atoms with Crippen LogP contribution in [0.1, 0.15) is 48.6 Å². The Hall–Kier alpha value is -0.940. The molecule has 1 heterocycles. The first-order valence-corrected chi connectivity index (χ1v) is 7.45. The van der Waals surface area contributed by atoms with Gasteiger partial charge in [-0.05, 0) is 18.3 Å². The molecule has 0 saturated heterocycles. The van der Waals surface area contributed by atoms with Crippen molar-refractivity contribution in [1.82, 2.24) is 10.3 Å². The molecule has 0 aliphatic heterocycles. The maximum atomic E-state index is 12.1. The summed E-state index contributed by atoms with van der Waals surface area (Å²) in [5.74, 6) is 1.16. The molecule has 5 heteroatoms. The summed E-state index contributed by atoms with van der Waals surface area (Å²) in [6.45, 7) is 4.88. The highest BCUT2D eigenvalue weighted by molar-refractivity contribution is 7.09. The zero-order chi connectivity index (χ0) is 13.1. The van der Waals surface area contributed by atoms with E-state index in [2.05, 4.69) is 24.1 Å². The molecule has 1 amide bonds. The molecule has 2 rings (SSSR count). The van der Waals surface area contributed by atoms with Gasteiger partial charge in [0, 0.05) is 18.0 Å². The normalized spacial score (nSPS) is 28.1. The number of carbonyl (C=O) groups excluding carboxylic acids is 1. The van der Waals surface area contributed by atoms with Crippen LogP contribution in [-0.2, 0) is 6.54 Å². The highest BCUT2D eigenvalue weighted by atomic mass is 32.1. The highest BCUT2D eigenvalue weighted by Crippen LogP contribution is 2.29. The lowest BCUT2D eigenvalue weighted by atomic mass is 9.78. The fourth-order valence-corrected chi connectivity index (χ4v) is 3.19. The topological polar surface area (TPSA) is 68.0 Å². The Morgan fingerprint density at radius 1 is 1.56 bits per heavy atom. The molecule has 0 spiro atoms. The molecule has 3 unspecified atom stereocenters. The van der Waals surface area contributed by atoms with Crippen molar-refractivity contribution >= 4 is 17.2 Å². The minimum Gasteiger partial charge on any atom is -0.348 e. The number of nitrogens with two attached hydrogens (primary N) is 1. The lowest BCUT2D eigenvalue weighted by Crippen LogP contribution is -2.43. The first kappa shape index (κ1) is 13.5. The van der Waals surface area contributed by atoms with Gasteiger partial charge in [-0.3, -0.25) is 4.79 Å². The van der Waals surface area contributed by atoms with Crippen LogP contribution in [0.25, 0.3) is 0 Å². The molecule has 1 aromatic heterocycles. The summed E-state index contributed by atoms with van der Waals surface area (Å²) >= 11 is 1.44. The van der Waals surface area contributed by atoms with E-state index in [9.17, 15) is 4.79 Å². The van der Waals surface area contributed by atoms with E-state index in [0.29, 0.717) is 24.1 Å². The molecule has 0 aromatic carbocycles. The number of carbonyl (C=O) groups is 1. The van der Waals surface area contributed by atoms with Gasteiger partial charge in [0.2, 0.25) is 0 Å². The minimum atomic E-state index is -0.0584. The maximum Gasteiger partial charge on any atom is 0.270 e. The summed E-state index contributed by atoms with van der Waals surface area (Å²) in [6.07, 6.45) is 3.54. The Bertz CT molecular complexity index is 418. The molecule has 1 aliphatic rings. The molecule has 1 fully saturated rings. The molecule has 3 atom stereocenters. The van der Waals surface area contributed by atoms with E-state index in [-0.39, 0.29) is 11.9 Å². The fraction of sp³-hybridized carbons (Fsp3) is 0.692. The smallest absolute Gasteiger partial charge is 0.270 e. The van der Waals surface area contributed by atoms with Crippen molar-refractivity contribution in [1.29, 1.82) is 0 Å². The van der Waals surface area contributed by atoms with Gasteiger partial charge >= 0.3 is 0 Å². The van der Waals surface area contributed by atoms with Gasteiger partial charge in [0.15, 0.2) is 0 Å². The first-order chi connectivity index (χ1) is 8.61. The number of amides is 1. The summed E-state index contributed by atoms with van der Waals surface area (Å²) in [5.41, 5.74) is 6.01. The summed E-state index contributed by atoms with van der Waals surface area (Å²) in [7, 11) is 0. The van der Waals surface area contributed by atoms with Crippen molar-refractivity contribution < 1.29 is 4.79 Å². The Morgan fingerprint density at radius 2 is 2.33 bits per heavy atom. The van der Waals surface area contributed by atoms with Crippen LogP contribution in [0.2, 0.25) is 0 Å². The summed E-state index contributed by atoms with van der Waals surface area (Å²) in [5, 5.41) is 5.71. The van der Waals surface area contributed by atoms with Crippen molar-refractivity contribution in [3.05, 3.63) is 16.1 Å². The molecular formula is C13H21N3OS. The van der Waals surface area contributed by atoms with Gasteiger partial charge in [-0.1, -0.05) is 26.7 Å². The van der Waals surface area contributed by atoms with Crippen LogP contribution in [-0.4, -0.2) is 16.9 Å².